The van der Waals surface area contributed by atoms with Gasteiger partial charge in [0.2, 0.25) is 5.91 Å². The van der Waals surface area contributed by atoms with E-state index in [-0.39, 0.29) is 17.4 Å². The molecule has 0 spiro atoms. The Hall–Kier alpha value is -3.27. The number of nitrogens with zero attached hydrogens (tertiary/aromatic N) is 3. The second-order valence-corrected chi connectivity index (χ2v) is 9.79. The van der Waals surface area contributed by atoms with Gasteiger partial charge in [-0.15, -0.1) is 0 Å². The van der Waals surface area contributed by atoms with Gasteiger partial charge in [-0.05, 0) is 43.4 Å². The fourth-order valence-corrected chi connectivity index (χ4v) is 5.17. The van der Waals surface area contributed by atoms with Crippen LogP contribution < -0.4 is 16.6 Å². The van der Waals surface area contributed by atoms with Gasteiger partial charge in [0.15, 0.2) is 5.13 Å². The average molecular weight is 468 g/mol. The molecule has 2 amide bonds. The minimum atomic E-state index is -0.486. The van der Waals surface area contributed by atoms with Crippen LogP contribution >= 0.6 is 11.3 Å². The van der Waals surface area contributed by atoms with Gasteiger partial charge < -0.3 is 9.88 Å². The van der Waals surface area contributed by atoms with Crippen molar-refractivity contribution >= 4 is 39.2 Å². The minimum Gasteiger partial charge on any atom is -0.337 e. The van der Waals surface area contributed by atoms with Gasteiger partial charge in [-0.3, -0.25) is 24.3 Å². The average Bonchev–Trinajstić information content (AvgIpc) is 3.52. The van der Waals surface area contributed by atoms with Crippen molar-refractivity contribution in [3.05, 3.63) is 55.2 Å². The minimum absolute atomic E-state index is 0.199. The maximum absolute atomic E-state index is 12.8. The molecule has 172 valence electrons. The Balaban J connectivity index is 1.32. The zero-order valence-corrected chi connectivity index (χ0v) is 19.2. The van der Waals surface area contributed by atoms with E-state index in [4.69, 9.17) is 0 Å². The third kappa shape index (κ3) is 4.35. The maximum Gasteiger partial charge on any atom is 0.328 e. The molecule has 9 nitrogen and oxygen atoms in total. The molecule has 2 N–H and O–H groups in total. The normalized spacial score (nSPS) is 15.5. The van der Waals surface area contributed by atoms with Crippen molar-refractivity contribution in [2.45, 2.75) is 52.1 Å². The van der Waals surface area contributed by atoms with Crippen LogP contribution in [0, 0.1) is 5.92 Å². The predicted molar refractivity (Wildman–Crippen MR) is 126 cm³/mol. The number of nitrogens with one attached hydrogen (secondary N) is 2. The lowest BCUT2D eigenvalue weighted by atomic mass is 10.1. The molecule has 0 atom stereocenters. The number of thiazole rings is 1. The van der Waals surface area contributed by atoms with Crippen molar-refractivity contribution in [3.8, 4) is 0 Å². The number of aromatic amines is 1. The molecule has 2 aliphatic rings. The predicted octanol–water partition coefficient (Wildman–Crippen LogP) is 2.49. The van der Waals surface area contributed by atoms with Gasteiger partial charge in [-0.1, -0.05) is 18.3 Å². The molecule has 2 aromatic heterocycles. The number of anilines is 1. The molecule has 3 aromatic rings. The van der Waals surface area contributed by atoms with Crippen molar-refractivity contribution < 1.29 is 9.59 Å². The molecule has 5 rings (SSSR count). The van der Waals surface area contributed by atoms with Crippen molar-refractivity contribution in [1.82, 2.24) is 19.4 Å². The van der Waals surface area contributed by atoms with Gasteiger partial charge in [-0.2, -0.15) is 0 Å². The quantitative estimate of drug-likeness (QED) is 0.578. The summed E-state index contributed by atoms with van der Waals surface area (Å²) in [5, 5.41) is 3.66. The Labute approximate surface area is 193 Å². The van der Waals surface area contributed by atoms with E-state index in [0.717, 1.165) is 23.4 Å². The van der Waals surface area contributed by atoms with Crippen LogP contribution in [0.3, 0.4) is 0 Å². The fourth-order valence-electron chi connectivity index (χ4n) is 4.15. The van der Waals surface area contributed by atoms with Crippen LogP contribution in [0.1, 0.15) is 53.5 Å². The second-order valence-electron chi connectivity index (χ2n) is 8.70. The van der Waals surface area contributed by atoms with Crippen LogP contribution in [0.5, 0.6) is 0 Å². The van der Waals surface area contributed by atoms with E-state index < -0.39 is 5.69 Å². The standard InChI is InChI=1S/C23H25N5O4S/c1-2-8-28-21(31)15-6-5-14(11-17(15)25-23(28)32)20(30)26-22-24-16-7-9-27(12-18(16)33-22)19(29)10-13-3-4-13/h5-6,11,13H,2-4,7-10,12H2,1H3,(H,25,32)(H,24,26,30). The van der Waals surface area contributed by atoms with Crippen molar-refractivity contribution in [2.24, 2.45) is 5.92 Å². The molecule has 0 bridgehead atoms. The van der Waals surface area contributed by atoms with Crippen LogP contribution in [0.25, 0.3) is 10.9 Å². The highest BCUT2D eigenvalue weighted by molar-refractivity contribution is 7.15. The third-order valence-corrected chi connectivity index (χ3v) is 7.15. The number of amides is 2. The van der Waals surface area contributed by atoms with Gasteiger partial charge >= 0.3 is 5.69 Å². The molecular formula is C23H25N5O4S. The van der Waals surface area contributed by atoms with Crippen molar-refractivity contribution in [1.29, 1.82) is 0 Å². The molecule has 3 heterocycles. The van der Waals surface area contributed by atoms with E-state index in [9.17, 15) is 19.2 Å². The van der Waals surface area contributed by atoms with E-state index in [1.807, 2.05) is 11.8 Å². The summed E-state index contributed by atoms with van der Waals surface area (Å²) in [6, 6.07) is 4.64. The lowest BCUT2D eigenvalue weighted by Crippen LogP contribution is -2.35. The molecule has 0 radical (unpaired) electrons. The molecule has 33 heavy (non-hydrogen) atoms. The Kier molecular flexibility index (Phi) is 5.61. The van der Waals surface area contributed by atoms with Crippen LogP contribution in [0.15, 0.2) is 27.8 Å². The summed E-state index contributed by atoms with van der Waals surface area (Å²) in [4.78, 5) is 60.2. The van der Waals surface area contributed by atoms with Crippen LogP contribution in [-0.4, -0.2) is 37.8 Å². The monoisotopic (exact) mass is 467 g/mol. The number of hydrogen-bond acceptors (Lipinski definition) is 6. The highest BCUT2D eigenvalue weighted by Gasteiger charge is 2.30. The summed E-state index contributed by atoms with van der Waals surface area (Å²) in [7, 11) is 0. The number of H-pyrrole nitrogens is 1. The van der Waals surface area contributed by atoms with E-state index in [1.165, 1.54) is 22.0 Å². The SMILES string of the molecule is CCCn1c(=O)[nH]c2cc(C(=O)Nc3nc4c(s3)CN(C(=O)CC3CC3)CC4)ccc2c1=O. The number of rotatable bonds is 6. The Morgan fingerprint density at radius 3 is 2.85 bits per heavy atom. The van der Waals surface area contributed by atoms with Gasteiger partial charge in [0.25, 0.3) is 11.5 Å². The Morgan fingerprint density at radius 1 is 1.27 bits per heavy atom. The van der Waals surface area contributed by atoms with Crippen LogP contribution in [-0.2, 0) is 24.3 Å². The van der Waals surface area contributed by atoms with Gasteiger partial charge in [0.1, 0.15) is 0 Å². The first-order valence-electron chi connectivity index (χ1n) is 11.3. The van der Waals surface area contributed by atoms with Crippen molar-refractivity contribution in [3.63, 3.8) is 0 Å². The first-order valence-corrected chi connectivity index (χ1v) is 12.1. The number of aromatic nitrogens is 3. The van der Waals surface area contributed by atoms with E-state index in [1.54, 1.807) is 12.1 Å². The van der Waals surface area contributed by atoms with Gasteiger partial charge in [0.05, 0.1) is 23.1 Å². The molecule has 1 saturated carbocycles. The van der Waals surface area contributed by atoms with E-state index in [2.05, 4.69) is 15.3 Å². The van der Waals surface area contributed by atoms with Crippen LogP contribution in [0.2, 0.25) is 0 Å². The summed E-state index contributed by atoms with van der Waals surface area (Å²) in [6.07, 6.45) is 4.28. The molecule has 1 aromatic carbocycles. The number of carbonyl (C=O) groups excluding carboxylic acids is 2. The van der Waals surface area contributed by atoms with Gasteiger partial charge in [-0.25, -0.2) is 9.78 Å². The lowest BCUT2D eigenvalue weighted by Gasteiger charge is -2.26. The van der Waals surface area contributed by atoms with E-state index >= 15 is 0 Å². The smallest absolute Gasteiger partial charge is 0.328 e. The highest BCUT2D eigenvalue weighted by atomic mass is 32.1. The zero-order chi connectivity index (χ0) is 23.1. The molecule has 10 heteroatoms. The summed E-state index contributed by atoms with van der Waals surface area (Å²) >= 11 is 1.38. The second kappa shape index (κ2) is 8.58. The molecule has 0 saturated heterocycles. The number of benzene rings is 1. The molecule has 1 aliphatic carbocycles. The Bertz CT molecular complexity index is 1370. The Morgan fingerprint density at radius 2 is 2.09 bits per heavy atom. The van der Waals surface area contributed by atoms with Gasteiger partial charge in [0, 0.05) is 36.4 Å². The summed E-state index contributed by atoms with van der Waals surface area (Å²) in [5.74, 6) is 0.384. The third-order valence-electron chi connectivity index (χ3n) is 6.16. The number of fused-ring (bicyclic) bond motifs is 2. The summed E-state index contributed by atoms with van der Waals surface area (Å²) in [6.45, 7) is 3.42. The van der Waals surface area contributed by atoms with Crippen LogP contribution in [0.4, 0.5) is 5.13 Å². The highest BCUT2D eigenvalue weighted by Crippen LogP contribution is 2.34. The largest absolute Gasteiger partial charge is 0.337 e. The zero-order valence-electron chi connectivity index (χ0n) is 18.3. The molecule has 1 aliphatic heterocycles. The topological polar surface area (TPSA) is 117 Å². The number of hydrogen-bond donors (Lipinski definition) is 2. The first kappa shape index (κ1) is 21.6. The molecule has 1 fully saturated rings. The number of carbonyl (C=O) groups is 2. The first-order chi connectivity index (χ1) is 15.9. The fraction of sp³-hybridized carbons (Fsp3) is 0.435. The lowest BCUT2D eigenvalue weighted by molar-refractivity contribution is -0.132. The van der Waals surface area contributed by atoms with Crippen molar-refractivity contribution in [2.75, 3.05) is 11.9 Å². The summed E-state index contributed by atoms with van der Waals surface area (Å²) < 4.78 is 1.17. The molecular weight excluding hydrogens is 442 g/mol. The summed E-state index contributed by atoms with van der Waals surface area (Å²) in [5.41, 5.74) is 0.717. The van der Waals surface area contributed by atoms with E-state index in [0.29, 0.717) is 66.4 Å². The maximum atomic E-state index is 12.8. The molecule has 0 unspecified atom stereocenters.